The quantitative estimate of drug-likeness (QED) is 0.506. The molecule has 0 radical (unpaired) electrons. The Morgan fingerprint density at radius 3 is 1.97 bits per heavy atom. The predicted octanol–water partition coefficient (Wildman–Crippen LogP) is 2.69. The number of aryl methyl sites for hydroxylation is 1. The highest BCUT2D eigenvalue weighted by molar-refractivity contribution is 7.87. The van der Waals surface area contributed by atoms with Crippen molar-refractivity contribution in [2.75, 3.05) is 7.11 Å². The summed E-state index contributed by atoms with van der Waals surface area (Å²) in [5.41, 5.74) is 6.49. The molecule has 2 aromatic carbocycles. The van der Waals surface area contributed by atoms with Crippen molar-refractivity contribution in [2.45, 2.75) is 50.2 Å². The van der Waals surface area contributed by atoms with Gasteiger partial charge in [-0.05, 0) is 57.5 Å². The fourth-order valence-electron chi connectivity index (χ4n) is 2.73. The number of rotatable bonds is 7. The molecule has 0 aliphatic carbocycles. The summed E-state index contributed by atoms with van der Waals surface area (Å²) in [5, 5.41) is 0. The van der Waals surface area contributed by atoms with Crippen LogP contribution >= 0.6 is 0 Å². The number of carbonyl (C=O) groups excluding carboxylic acids is 2. The third kappa shape index (κ3) is 6.53. The van der Waals surface area contributed by atoms with E-state index in [0.717, 1.165) is 5.56 Å². The molecule has 8 nitrogen and oxygen atoms in total. The van der Waals surface area contributed by atoms with Crippen LogP contribution in [0.2, 0.25) is 0 Å². The van der Waals surface area contributed by atoms with E-state index in [1.165, 1.54) is 43.5 Å². The molecule has 2 N–H and O–H groups in total. The normalized spacial score (nSPS) is 13.7. The molecule has 9 heteroatoms. The van der Waals surface area contributed by atoms with Crippen LogP contribution in [-0.4, -0.2) is 39.1 Å². The Balaban J connectivity index is 2.26. The standard InChI is InChI=1S/C22H27NO7S/c1-14-6-12-17(13-7-14)31(26,27)30-16-10-8-15(9-11-16)18(20(24)28-5)19(23)21(25)29-22(2,3)4/h6-13,18-19H,23H2,1-5H3. The molecular weight excluding hydrogens is 422 g/mol. The van der Waals surface area contributed by atoms with Crippen molar-refractivity contribution < 1.29 is 31.7 Å². The summed E-state index contributed by atoms with van der Waals surface area (Å²) in [6, 6.07) is 10.6. The van der Waals surface area contributed by atoms with Gasteiger partial charge in [-0.3, -0.25) is 9.59 Å². The number of benzene rings is 2. The van der Waals surface area contributed by atoms with Gasteiger partial charge in [-0.25, -0.2) is 0 Å². The Bertz CT molecular complexity index is 1020. The topological polar surface area (TPSA) is 122 Å². The largest absolute Gasteiger partial charge is 0.468 e. The third-order valence-electron chi connectivity index (χ3n) is 4.25. The maximum absolute atomic E-state index is 12.4. The molecule has 2 rings (SSSR count). The maximum Gasteiger partial charge on any atom is 0.339 e. The number of carbonyl (C=O) groups is 2. The summed E-state index contributed by atoms with van der Waals surface area (Å²) in [6.07, 6.45) is 0. The first-order chi connectivity index (χ1) is 14.3. The van der Waals surface area contributed by atoms with Crippen LogP contribution in [0.1, 0.15) is 37.8 Å². The van der Waals surface area contributed by atoms with Crippen LogP contribution < -0.4 is 9.92 Å². The van der Waals surface area contributed by atoms with Crippen LogP contribution in [0.5, 0.6) is 5.75 Å². The number of nitrogens with two attached hydrogens (primary N) is 1. The molecular formula is C22H27NO7S. The van der Waals surface area contributed by atoms with E-state index in [-0.39, 0.29) is 10.6 Å². The van der Waals surface area contributed by atoms with Crippen LogP contribution in [0.25, 0.3) is 0 Å². The summed E-state index contributed by atoms with van der Waals surface area (Å²) >= 11 is 0. The van der Waals surface area contributed by atoms with Crippen LogP contribution in [0.4, 0.5) is 0 Å². The van der Waals surface area contributed by atoms with E-state index in [0.29, 0.717) is 5.56 Å². The van der Waals surface area contributed by atoms with Crippen molar-refractivity contribution >= 4 is 22.1 Å². The van der Waals surface area contributed by atoms with Gasteiger partial charge >= 0.3 is 22.1 Å². The maximum atomic E-state index is 12.4. The van der Waals surface area contributed by atoms with Crippen LogP contribution in [0.3, 0.4) is 0 Å². The highest BCUT2D eigenvalue weighted by atomic mass is 32.2. The summed E-state index contributed by atoms with van der Waals surface area (Å²) in [5.74, 6) is -2.58. The molecule has 168 valence electrons. The van der Waals surface area contributed by atoms with Crippen LogP contribution in [0.15, 0.2) is 53.4 Å². The van der Waals surface area contributed by atoms with Crippen molar-refractivity contribution in [3.8, 4) is 5.75 Å². The minimum absolute atomic E-state index is 0.0153. The van der Waals surface area contributed by atoms with Gasteiger partial charge in [0, 0.05) is 0 Å². The summed E-state index contributed by atoms with van der Waals surface area (Å²) in [6.45, 7) is 6.90. The van der Waals surface area contributed by atoms with Crippen LogP contribution in [-0.2, 0) is 29.2 Å². The number of hydrogen-bond donors (Lipinski definition) is 1. The van der Waals surface area contributed by atoms with Gasteiger partial charge in [0.25, 0.3) is 0 Å². The molecule has 0 aromatic heterocycles. The van der Waals surface area contributed by atoms with Gasteiger partial charge in [-0.2, -0.15) is 8.42 Å². The molecule has 0 fully saturated rings. The van der Waals surface area contributed by atoms with Crippen molar-refractivity contribution in [3.63, 3.8) is 0 Å². The predicted molar refractivity (Wildman–Crippen MR) is 114 cm³/mol. The Hall–Kier alpha value is -2.91. The molecule has 31 heavy (non-hydrogen) atoms. The zero-order valence-electron chi connectivity index (χ0n) is 18.1. The van der Waals surface area contributed by atoms with Gasteiger partial charge in [0.1, 0.15) is 28.2 Å². The second-order valence-electron chi connectivity index (χ2n) is 7.98. The minimum atomic E-state index is -4.02. The Morgan fingerprint density at radius 2 is 1.48 bits per heavy atom. The lowest BCUT2D eigenvalue weighted by molar-refractivity contribution is -0.160. The van der Waals surface area contributed by atoms with E-state index >= 15 is 0 Å². The number of methoxy groups -OCH3 is 1. The molecule has 0 saturated heterocycles. The first-order valence-corrected chi connectivity index (χ1v) is 10.9. The molecule has 0 bridgehead atoms. The summed E-state index contributed by atoms with van der Waals surface area (Å²) in [7, 11) is -2.84. The zero-order valence-corrected chi connectivity index (χ0v) is 18.9. The Labute approximate surface area is 182 Å². The molecule has 0 aliphatic heterocycles. The fraction of sp³-hybridized carbons (Fsp3) is 0.364. The van der Waals surface area contributed by atoms with E-state index in [2.05, 4.69) is 0 Å². The average molecular weight is 450 g/mol. The molecule has 2 unspecified atom stereocenters. The molecule has 0 saturated carbocycles. The summed E-state index contributed by atoms with van der Waals surface area (Å²) in [4.78, 5) is 24.7. The van der Waals surface area contributed by atoms with Gasteiger partial charge in [0.05, 0.1) is 7.11 Å². The number of hydrogen-bond acceptors (Lipinski definition) is 8. The van der Waals surface area contributed by atoms with Crippen molar-refractivity contribution in [1.82, 2.24) is 0 Å². The lowest BCUT2D eigenvalue weighted by Gasteiger charge is -2.26. The Kier molecular flexibility index (Phi) is 7.45. The summed E-state index contributed by atoms with van der Waals surface area (Å²) < 4.78 is 40.1. The average Bonchev–Trinajstić information content (AvgIpc) is 2.68. The fourth-order valence-corrected chi connectivity index (χ4v) is 3.66. The van der Waals surface area contributed by atoms with E-state index in [4.69, 9.17) is 19.4 Å². The second-order valence-corrected chi connectivity index (χ2v) is 9.53. The van der Waals surface area contributed by atoms with E-state index in [1.807, 2.05) is 6.92 Å². The molecule has 2 aromatic rings. The monoisotopic (exact) mass is 449 g/mol. The zero-order chi connectivity index (χ0) is 23.4. The Morgan fingerprint density at radius 1 is 0.935 bits per heavy atom. The highest BCUT2D eigenvalue weighted by Crippen LogP contribution is 2.26. The van der Waals surface area contributed by atoms with Gasteiger partial charge in [-0.1, -0.05) is 29.8 Å². The van der Waals surface area contributed by atoms with Crippen molar-refractivity contribution in [1.29, 1.82) is 0 Å². The first kappa shape index (κ1) is 24.4. The van der Waals surface area contributed by atoms with Crippen molar-refractivity contribution in [2.24, 2.45) is 5.73 Å². The minimum Gasteiger partial charge on any atom is -0.468 e. The third-order valence-corrected chi connectivity index (χ3v) is 5.51. The van der Waals surface area contributed by atoms with Crippen molar-refractivity contribution in [3.05, 3.63) is 59.7 Å². The van der Waals surface area contributed by atoms with Gasteiger partial charge < -0.3 is 19.4 Å². The lowest BCUT2D eigenvalue weighted by atomic mass is 9.91. The second kappa shape index (κ2) is 9.49. The highest BCUT2D eigenvalue weighted by Gasteiger charge is 2.36. The van der Waals surface area contributed by atoms with E-state index in [9.17, 15) is 18.0 Å². The van der Waals surface area contributed by atoms with E-state index < -0.39 is 39.6 Å². The molecule has 0 amide bonds. The first-order valence-electron chi connectivity index (χ1n) is 9.51. The SMILES string of the molecule is COC(=O)C(c1ccc(OS(=O)(=O)c2ccc(C)cc2)cc1)C(N)C(=O)OC(C)(C)C. The van der Waals surface area contributed by atoms with Gasteiger partial charge in [-0.15, -0.1) is 0 Å². The molecule has 2 atom stereocenters. The molecule has 0 aliphatic rings. The van der Waals surface area contributed by atoms with Gasteiger partial charge in [0.15, 0.2) is 0 Å². The van der Waals surface area contributed by atoms with E-state index in [1.54, 1.807) is 32.9 Å². The smallest absolute Gasteiger partial charge is 0.339 e. The number of ether oxygens (including phenoxy) is 2. The van der Waals surface area contributed by atoms with Gasteiger partial charge in [0.2, 0.25) is 0 Å². The van der Waals surface area contributed by atoms with Crippen LogP contribution in [0, 0.1) is 6.92 Å². The number of esters is 2. The lowest BCUT2D eigenvalue weighted by Crippen LogP contribution is -2.44. The molecule has 0 spiro atoms. The molecule has 0 heterocycles.